The van der Waals surface area contributed by atoms with Gasteiger partial charge in [-0.3, -0.25) is 9.59 Å². The van der Waals surface area contributed by atoms with Crippen LogP contribution in [0.5, 0.6) is 11.5 Å². The molecule has 1 aromatic heterocycles. The maximum absolute atomic E-state index is 12.9. The molecule has 6 heteroatoms. The van der Waals surface area contributed by atoms with E-state index in [-0.39, 0.29) is 18.3 Å². The number of hydrogen-bond acceptors (Lipinski definition) is 6. The summed E-state index contributed by atoms with van der Waals surface area (Å²) < 4.78 is 15.9. The molecular weight excluding hydrogens is 364 g/mol. The monoisotopic (exact) mass is 386 g/mol. The lowest BCUT2D eigenvalue weighted by atomic mass is 9.76. The predicted molar refractivity (Wildman–Crippen MR) is 104 cm³/mol. The minimum absolute atomic E-state index is 0.231. The third kappa shape index (κ3) is 3.90. The van der Waals surface area contributed by atoms with Gasteiger partial charge in [0.15, 0.2) is 5.78 Å². The average molecular weight is 386 g/mol. The van der Waals surface area contributed by atoms with Crippen molar-refractivity contribution in [2.45, 2.75) is 19.3 Å². The van der Waals surface area contributed by atoms with Crippen LogP contribution < -0.4 is 9.47 Å². The summed E-state index contributed by atoms with van der Waals surface area (Å²) in [4.78, 5) is 26.3. The van der Waals surface area contributed by atoms with Crippen molar-refractivity contribution in [3.8, 4) is 11.5 Å². The first kappa shape index (κ1) is 19.2. The van der Waals surface area contributed by atoms with E-state index in [1.54, 1.807) is 44.6 Å². The van der Waals surface area contributed by atoms with Gasteiger partial charge in [0, 0.05) is 22.4 Å². The molecule has 5 nitrogen and oxygen atoms in total. The maximum Gasteiger partial charge on any atom is 0.317 e. The number of allylic oxidation sites excluding steroid dienone is 2. The zero-order chi connectivity index (χ0) is 19.4. The minimum Gasteiger partial charge on any atom is -0.497 e. The van der Waals surface area contributed by atoms with E-state index < -0.39 is 11.9 Å². The zero-order valence-electron chi connectivity index (χ0n) is 15.6. The van der Waals surface area contributed by atoms with E-state index in [0.717, 1.165) is 16.0 Å². The summed E-state index contributed by atoms with van der Waals surface area (Å²) in [5, 5.41) is 1.95. The molecule has 0 bridgehead atoms. The van der Waals surface area contributed by atoms with Gasteiger partial charge in [-0.25, -0.2) is 0 Å². The molecule has 2 atom stereocenters. The van der Waals surface area contributed by atoms with Crippen molar-refractivity contribution < 1.29 is 23.8 Å². The Hall–Kier alpha value is -2.60. The quantitative estimate of drug-likeness (QED) is 0.553. The Morgan fingerprint density at radius 2 is 2.04 bits per heavy atom. The predicted octanol–water partition coefficient (Wildman–Crippen LogP) is 4.08. The average Bonchev–Trinajstić information content (AvgIpc) is 3.21. The molecule has 0 N–H and O–H groups in total. The van der Waals surface area contributed by atoms with Crippen LogP contribution in [0.15, 0.2) is 41.8 Å². The van der Waals surface area contributed by atoms with E-state index in [0.29, 0.717) is 17.9 Å². The number of esters is 1. The van der Waals surface area contributed by atoms with E-state index in [9.17, 15) is 9.59 Å². The van der Waals surface area contributed by atoms with Crippen molar-refractivity contribution in [3.05, 3.63) is 52.2 Å². The van der Waals surface area contributed by atoms with Gasteiger partial charge in [0.2, 0.25) is 0 Å². The molecule has 0 radical (unpaired) electrons. The van der Waals surface area contributed by atoms with Crippen LogP contribution in [-0.2, 0) is 14.3 Å². The van der Waals surface area contributed by atoms with Gasteiger partial charge in [0.25, 0.3) is 0 Å². The fourth-order valence-electron chi connectivity index (χ4n) is 3.40. The van der Waals surface area contributed by atoms with Gasteiger partial charge in [-0.2, -0.15) is 0 Å². The van der Waals surface area contributed by atoms with Crippen LogP contribution in [0.2, 0.25) is 0 Å². The summed E-state index contributed by atoms with van der Waals surface area (Å²) in [5.74, 6) is -0.436. The van der Waals surface area contributed by atoms with Gasteiger partial charge in [-0.15, -0.1) is 11.3 Å². The van der Waals surface area contributed by atoms with Crippen LogP contribution in [0.25, 0.3) is 5.57 Å². The van der Waals surface area contributed by atoms with Crippen LogP contribution in [0.4, 0.5) is 0 Å². The van der Waals surface area contributed by atoms with Crippen LogP contribution >= 0.6 is 11.3 Å². The van der Waals surface area contributed by atoms with Crippen molar-refractivity contribution >= 4 is 28.7 Å². The highest BCUT2D eigenvalue weighted by atomic mass is 32.1. The molecule has 2 aromatic rings. The summed E-state index contributed by atoms with van der Waals surface area (Å²) in [6.45, 7) is 2.00. The minimum atomic E-state index is -0.809. The Morgan fingerprint density at radius 1 is 1.22 bits per heavy atom. The Labute approximate surface area is 162 Å². The molecule has 0 spiro atoms. The summed E-state index contributed by atoms with van der Waals surface area (Å²) in [5.41, 5.74) is 1.67. The Bertz CT molecular complexity index is 853. The zero-order valence-corrected chi connectivity index (χ0v) is 16.4. The molecule has 27 heavy (non-hydrogen) atoms. The topological polar surface area (TPSA) is 61.8 Å². The molecule has 1 heterocycles. The number of methoxy groups -OCH3 is 2. The van der Waals surface area contributed by atoms with E-state index in [2.05, 4.69) is 0 Å². The number of ether oxygens (including phenoxy) is 3. The van der Waals surface area contributed by atoms with E-state index >= 15 is 0 Å². The third-order valence-corrected chi connectivity index (χ3v) is 5.67. The third-order valence-electron chi connectivity index (χ3n) is 4.67. The molecule has 0 saturated carbocycles. The molecule has 1 aliphatic rings. The molecule has 142 valence electrons. The number of thiophene rings is 1. The van der Waals surface area contributed by atoms with Crippen molar-refractivity contribution in [1.82, 2.24) is 0 Å². The van der Waals surface area contributed by atoms with Crippen LogP contribution in [0, 0.1) is 5.92 Å². The Kier molecular flexibility index (Phi) is 5.96. The van der Waals surface area contributed by atoms with E-state index in [1.165, 1.54) is 0 Å². The van der Waals surface area contributed by atoms with Crippen molar-refractivity contribution in [2.75, 3.05) is 20.8 Å². The second kappa shape index (κ2) is 8.39. The molecule has 0 amide bonds. The first-order chi connectivity index (χ1) is 13.1. The Morgan fingerprint density at radius 3 is 2.67 bits per heavy atom. The molecule has 1 aromatic carbocycles. The first-order valence-corrected chi connectivity index (χ1v) is 9.63. The number of carbonyl (C=O) groups is 2. The van der Waals surface area contributed by atoms with Gasteiger partial charge in [0.05, 0.1) is 20.8 Å². The summed E-state index contributed by atoms with van der Waals surface area (Å²) in [6, 6.07) is 9.40. The standard InChI is InChI=1S/C21H22O5S/c1-4-26-21(23)20-16(19-6-5-9-27-19)10-13(11-17(20)22)15-8-7-14(24-2)12-18(15)25-3/h5-9,11-12,16,20H,4,10H2,1-3H3. The van der Waals surface area contributed by atoms with Crippen LogP contribution in [-0.4, -0.2) is 32.6 Å². The lowest BCUT2D eigenvalue weighted by Gasteiger charge is -2.29. The maximum atomic E-state index is 12.9. The van der Waals surface area contributed by atoms with Crippen molar-refractivity contribution in [1.29, 1.82) is 0 Å². The van der Waals surface area contributed by atoms with E-state index in [1.807, 2.05) is 29.6 Å². The number of ketones is 1. The Balaban J connectivity index is 2.03. The highest BCUT2D eigenvalue weighted by Crippen LogP contribution is 2.44. The number of benzene rings is 1. The number of rotatable bonds is 6. The van der Waals surface area contributed by atoms with Gasteiger partial charge >= 0.3 is 5.97 Å². The molecule has 0 saturated heterocycles. The van der Waals surface area contributed by atoms with Crippen molar-refractivity contribution in [2.24, 2.45) is 5.92 Å². The second-order valence-corrected chi connectivity index (χ2v) is 7.17. The normalized spacial score (nSPS) is 19.4. The van der Waals surface area contributed by atoms with Gasteiger partial charge < -0.3 is 14.2 Å². The van der Waals surface area contributed by atoms with Crippen molar-refractivity contribution in [3.63, 3.8) is 0 Å². The van der Waals surface area contributed by atoms with Gasteiger partial charge in [-0.05, 0) is 48.6 Å². The summed E-state index contributed by atoms with van der Waals surface area (Å²) >= 11 is 1.55. The highest BCUT2D eigenvalue weighted by Gasteiger charge is 2.40. The lowest BCUT2D eigenvalue weighted by Crippen LogP contribution is -2.33. The second-order valence-electron chi connectivity index (χ2n) is 6.19. The number of hydrogen-bond donors (Lipinski definition) is 0. The molecule has 0 fully saturated rings. The molecule has 0 aliphatic heterocycles. The summed E-state index contributed by atoms with van der Waals surface area (Å²) in [7, 11) is 3.18. The SMILES string of the molecule is CCOC(=O)C1C(=O)C=C(c2ccc(OC)cc2OC)CC1c1cccs1. The largest absolute Gasteiger partial charge is 0.497 e. The fourth-order valence-corrected chi connectivity index (χ4v) is 4.27. The molecular formula is C21H22O5S. The number of carbonyl (C=O) groups excluding carboxylic acids is 2. The van der Waals surface area contributed by atoms with Crippen LogP contribution in [0.1, 0.15) is 29.7 Å². The van der Waals surface area contributed by atoms with Crippen LogP contribution in [0.3, 0.4) is 0 Å². The van der Waals surface area contributed by atoms with E-state index in [4.69, 9.17) is 14.2 Å². The van der Waals surface area contributed by atoms with Gasteiger partial charge in [0.1, 0.15) is 17.4 Å². The first-order valence-electron chi connectivity index (χ1n) is 8.75. The summed E-state index contributed by atoms with van der Waals surface area (Å²) in [6.07, 6.45) is 2.11. The lowest BCUT2D eigenvalue weighted by molar-refractivity contribution is -0.151. The molecule has 1 aliphatic carbocycles. The fraction of sp³-hybridized carbons (Fsp3) is 0.333. The molecule has 2 unspecified atom stereocenters. The smallest absolute Gasteiger partial charge is 0.317 e. The van der Waals surface area contributed by atoms with Gasteiger partial charge in [-0.1, -0.05) is 6.07 Å². The molecule has 3 rings (SSSR count). The highest BCUT2D eigenvalue weighted by molar-refractivity contribution is 7.10.